The van der Waals surface area contributed by atoms with Crippen molar-refractivity contribution in [2.45, 2.75) is 12.5 Å². The second-order valence-corrected chi connectivity index (χ2v) is 7.58. The molecule has 4 aromatic rings. The number of benzene rings is 2. The quantitative estimate of drug-likeness (QED) is 0.458. The summed E-state index contributed by atoms with van der Waals surface area (Å²) in [6, 6.07) is 17.4. The van der Waals surface area contributed by atoms with E-state index in [0.29, 0.717) is 10.6 Å². The largest absolute Gasteiger partial charge is 0.459 e. The van der Waals surface area contributed by atoms with Crippen molar-refractivity contribution in [2.24, 2.45) is 0 Å². The summed E-state index contributed by atoms with van der Waals surface area (Å²) in [7, 11) is 0. The monoisotopic (exact) mass is 436 g/mol. The topological polar surface area (TPSA) is 97.1 Å². The Labute approximate surface area is 180 Å². The first-order valence-electron chi connectivity index (χ1n) is 9.37. The molecule has 0 saturated heterocycles. The number of furan rings is 1. The van der Waals surface area contributed by atoms with E-state index in [1.165, 1.54) is 24.5 Å². The third kappa shape index (κ3) is 5.20. The minimum atomic E-state index is -0.863. The van der Waals surface area contributed by atoms with Crippen LogP contribution in [0.3, 0.4) is 0 Å². The van der Waals surface area contributed by atoms with Gasteiger partial charge in [-0.05, 0) is 42.0 Å². The van der Waals surface area contributed by atoms with Crippen molar-refractivity contribution >= 4 is 28.3 Å². The van der Waals surface area contributed by atoms with Gasteiger partial charge in [-0.1, -0.05) is 41.7 Å². The van der Waals surface area contributed by atoms with Crippen LogP contribution in [0.1, 0.15) is 16.1 Å². The van der Waals surface area contributed by atoms with Gasteiger partial charge in [-0.3, -0.25) is 14.9 Å². The van der Waals surface area contributed by atoms with Gasteiger partial charge in [0.15, 0.2) is 5.76 Å². The number of nitrogens with one attached hydrogen (secondary N) is 2. The van der Waals surface area contributed by atoms with Gasteiger partial charge in [-0.25, -0.2) is 4.39 Å². The average molecular weight is 436 g/mol. The van der Waals surface area contributed by atoms with Gasteiger partial charge in [0, 0.05) is 12.0 Å². The molecule has 1 atom stereocenters. The first-order valence-corrected chi connectivity index (χ1v) is 10.2. The number of carbonyl (C=O) groups excluding carboxylic acids is 2. The number of hydrogen-bond donors (Lipinski definition) is 2. The zero-order valence-corrected chi connectivity index (χ0v) is 16.9. The lowest BCUT2D eigenvalue weighted by Crippen LogP contribution is -2.45. The first-order chi connectivity index (χ1) is 15.1. The molecule has 1 unspecified atom stereocenters. The van der Waals surface area contributed by atoms with Gasteiger partial charge >= 0.3 is 0 Å². The fourth-order valence-corrected chi connectivity index (χ4v) is 3.62. The Morgan fingerprint density at radius 1 is 1.00 bits per heavy atom. The Hall–Kier alpha value is -3.85. The molecule has 2 amide bonds. The van der Waals surface area contributed by atoms with Gasteiger partial charge in [0.25, 0.3) is 5.91 Å². The Morgan fingerprint density at radius 2 is 1.77 bits per heavy atom. The Kier molecular flexibility index (Phi) is 6.13. The molecule has 0 spiro atoms. The normalized spacial score (nSPS) is 11.6. The van der Waals surface area contributed by atoms with Crippen LogP contribution in [0.2, 0.25) is 0 Å². The Balaban J connectivity index is 1.50. The number of anilines is 1. The van der Waals surface area contributed by atoms with Gasteiger partial charge < -0.3 is 9.73 Å². The number of carbonyl (C=O) groups is 2. The third-order valence-electron chi connectivity index (χ3n) is 4.40. The van der Waals surface area contributed by atoms with E-state index in [-0.39, 0.29) is 23.1 Å². The predicted octanol–water partition coefficient (Wildman–Crippen LogP) is 3.92. The number of rotatable bonds is 7. The van der Waals surface area contributed by atoms with Gasteiger partial charge in [0.1, 0.15) is 16.9 Å². The lowest BCUT2D eigenvalue weighted by molar-refractivity contribution is -0.118. The van der Waals surface area contributed by atoms with Gasteiger partial charge in [0.2, 0.25) is 11.0 Å². The van der Waals surface area contributed by atoms with E-state index >= 15 is 0 Å². The highest BCUT2D eigenvalue weighted by molar-refractivity contribution is 7.18. The molecule has 0 aliphatic rings. The summed E-state index contributed by atoms with van der Waals surface area (Å²) in [5, 5.41) is 14.2. The van der Waals surface area contributed by atoms with E-state index in [2.05, 4.69) is 20.8 Å². The predicted molar refractivity (Wildman–Crippen MR) is 114 cm³/mol. The molecule has 2 aromatic carbocycles. The van der Waals surface area contributed by atoms with Crippen LogP contribution in [0.15, 0.2) is 77.4 Å². The second kappa shape index (κ2) is 9.31. The van der Waals surface area contributed by atoms with Crippen LogP contribution in [-0.2, 0) is 11.2 Å². The molecule has 2 heterocycles. The van der Waals surface area contributed by atoms with Crippen LogP contribution < -0.4 is 10.6 Å². The second-order valence-electron chi connectivity index (χ2n) is 6.60. The molecule has 4 rings (SSSR count). The number of amides is 2. The summed E-state index contributed by atoms with van der Waals surface area (Å²) in [4.78, 5) is 25.4. The van der Waals surface area contributed by atoms with E-state index in [1.807, 2.05) is 30.3 Å². The highest BCUT2D eigenvalue weighted by Gasteiger charge is 2.24. The smallest absolute Gasteiger partial charge is 0.287 e. The zero-order valence-electron chi connectivity index (χ0n) is 16.1. The molecule has 0 saturated carbocycles. The maximum atomic E-state index is 13.1. The summed E-state index contributed by atoms with van der Waals surface area (Å²) in [5.74, 6) is -1.17. The van der Waals surface area contributed by atoms with Gasteiger partial charge in [0.05, 0.1) is 6.26 Å². The minimum absolute atomic E-state index is 0.111. The van der Waals surface area contributed by atoms with Gasteiger partial charge in [-0.15, -0.1) is 10.2 Å². The van der Waals surface area contributed by atoms with E-state index < -0.39 is 17.9 Å². The first kappa shape index (κ1) is 20.4. The number of aromatic nitrogens is 2. The lowest BCUT2D eigenvalue weighted by Gasteiger charge is -2.17. The lowest BCUT2D eigenvalue weighted by atomic mass is 10.1. The molecule has 156 valence electrons. The fourth-order valence-electron chi connectivity index (χ4n) is 2.87. The molecule has 2 aromatic heterocycles. The summed E-state index contributed by atoms with van der Waals surface area (Å²) in [6.07, 6.45) is 1.67. The summed E-state index contributed by atoms with van der Waals surface area (Å²) in [5.41, 5.74) is 1.57. The average Bonchev–Trinajstić information content (AvgIpc) is 3.47. The summed E-state index contributed by atoms with van der Waals surface area (Å²) in [6.45, 7) is 0. The molecule has 0 aliphatic carbocycles. The van der Waals surface area contributed by atoms with Crippen molar-refractivity contribution in [1.29, 1.82) is 0 Å². The molecule has 7 nitrogen and oxygen atoms in total. The highest BCUT2D eigenvalue weighted by atomic mass is 32.1. The van der Waals surface area contributed by atoms with Crippen LogP contribution in [0.4, 0.5) is 9.52 Å². The molecule has 2 N–H and O–H groups in total. The van der Waals surface area contributed by atoms with Gasteiger partial charge in [-0.2, -0.15) is 0 Å². The van der Waals surface area contributed by atoms with E-state index in [4.69, 9.17) is 4.42 Å². The molecule has 0 radical (unpaired) electrons. The van der Waals surface area contributed by atoms with Crippen LogP contribution in [0.25, 0.3) is 10.6 Å². The molecular weight excluding hydrogens is 419 g/mol. The van der Waals surface area contributed by atoms with Crippen molar-refractivity contribution in [3.05, 3.63) is 90.1 Å². The Morgan fingerprint density at radius 3 is 2.48 bits per heavy atom. The summed E-state index contributed by atoms with van der Waals surface area (Å²) >= 11 is 1.15. The standard InChI is InChI=1S/C22H17FN4O3S/c23-16-10-8-15(9-11-16)21-26-27-22(31-21)25-19(28)17(13-14-5-2-1-3-6-14)24-20(29)18-7-4-12-30-18/h1-12,17H,13H2,(H,24,29)(H,25,27,28). The van der Waals surface area contributed by atoms with Crippen molar-refractivity contribution in [2.75, 3.05) is 5.32 Å². The van der Waals surface area contributed by atoms with Crippen molar-refractivity contribution < 1.29 is 18.4 Å². The molecule has 0 aliphatic heterocycles. The van der Waals surface area contributed by atoms with E-state index in [1.54, 1.807) is 18.2 Å². The number of hydrogen-bond acceptors (Lipinski definition) is 6. The molecule has 0 fully saturated rings. The minimum Gasteiger partial charge on any atom is -0.459 e. The molecule has 0 bridgehead atoms. The van der Waals surface area contributed by atoms with Crippen LogP contribution >= 0.6 is 11.3 Å². The molecular formula is C22H17FN4O3S. The molecule has 9 heteroatoms. The zero-order chi connectivity index (χ0) is 21.6. The van der Waals surface area contributed by atoms with Crippen LogP contribution in [-0.4, -0.2) is 28.1 Å². The van der Waals surface area contributed by atoms with E-state index in [0.717, 1.165) is 16.9 Å². The van der Waals surface area contributed by atoms with Crippen molar-refractivity contribution in [1.82, 2.24) is 15.5 Å². The highest BCUT2D eigenvalue weighted by Crippen LogP contribution is 2.26. The SMILES string of the molecule is O=C(NC(Cc1ccccc1)C(=O)Nc1nnc(-c2ccc(F)cc2)s1)c1ccco1. The third-order valence-corrected chi connectivity index (χ3v) is 5.28. The van der Waals surface area contributed by atoms with Crippen LogP contribution in [0, 0.1) is 5.82 Å². The summed E-state index contributed by atoms with van der Waals surface area (Å²) < 4.78 is 18.2. The molecule has 31 heavy (non-hydrogen) atoms. The maximum absolute atomic E-state index is 13.1. The van der Waals surface area contributed by atoms with Crippen molar-refractivity contribution in [3.8, 4) is 10.6 Å². The van der Waals surface area contributed by atoms with Crippen LogP contribution in [0.5, 0.6) is 0 Å². The number of halogens is 1. The number of nitrogens with zero attached hydrogens (tertiary/aromatic N) is 2. The van der Waals surface area contributed by atoms with E-state index in [9.17, 15) is 14.0 Å². The van der Waals surface area contributed by atoms with Crippen molar-refractivity contribution in [3.63, 3.8) is 0 Å². The maximum Gasteiger partial charge on any atom is 0.287 e. The Bertz CT molecular complexity index is 1160. The fraction of sp³-hybridized carbons (Fsp3) is 0.0909.